The van der Waals surface area contributed by atoms with Gasteiger partial charge in [0.1, 0.15) is 5.76 Å². The fraction of sp³-hybridized carbons (Fsp3) is 0.667. The van der Waals surface area contributed by atoms with Crippen LogP contribution in [0.5, 0.6) is 0 Å². The van der Waals surface area contributed by atoms with E-state index in [0.29, 0.717) is 6.04 Å². The Morgan fingerprint density at radius 1 is 1.53 bits per heavy atom. The van der Waals surface area contributed by atoms with Gasteiger partial charge in [0.15, 0.2) is 0 Å². The molecule has 0 saturated carbocycles. The second kappa shape index (κ2) is 6.64. The van der Waals surface area contributed by atoms with Crippen LogP contribution < -0.4 is 5.32 Å². The van der Waals surface area contributed by atoms with Crippen molar-refractivity contribution in [2.24, 2.45) is 0 Å². The van der Waals surface area contributed by atoms with E-state index in [1.54, 1.807) is 6.26 Å². The van der Waals surface area contributed by atoms with Crippen LogP contribution in [0.15, 0.2) is 22.8 Å². The summed E-state index contributed by atoms with van der Waals surface area (Å²) >= 11 is 0. The third kappa shape index (κ3) is 4.49. The van der Waals surface area contributed by atoms with Crippen molar-refractivity contribution in [3.63, 3.8) is 0 Å². The molecule has 0 saturated heterocycles. The van der Waals surface area contributed by atoms with Crippen LogP contribution in [0.25, 0.3) is 0 Å². The van der Waals surface area contributed by atoms with Gasteiger partial charge in [-0.3, -0.25) is 0 Å². The van der Waals surface area contributed by atoms with Gasteiger partial charge in [-0.25, -0.2) is 0 Å². The fourth-order valence-corrected chi connectivity index (χ4v) is 1.60. The van der Waals surface area contributed by atoms with Crippen LogP contribution in [-0.4, -0.2) is 23.8 Å². The summed E-state index contributed by atoms with van der Waals surface area (Å²) in [6.45, 7) is 4.43. The first-order valence-corrected chi connectivity index (χ1v) is 5.65. The monoisotopic (exact) mass is 211 g/mol. The molecule has 1 aromatic heterocycles. The lowest BCUT2D eigenvalue weighted by atomic mass is 10.1. The van der Waals surface area contributed by atoms with Crippen LogP contribution in [0.4, 0.5) is 0 Å². The van der Waals surface area contributed by atoms with Gasteiger partial charge in [0.2, 0.25) is 0 Å². The van der Waals surface area contributed by atoms with E-state index in [0.717, 1.165) is 25.0 Å². The summed E-state index contributed by atoms with van der Waals surface area (Å²) in [6.07, 6.45) is 4.64. The topological polar surface area (TPSA) is 45.4 Å². The molecule has 1 rings (SSSR count). The van der Waals surface area contributed by atoms with Crippen LogP contribution in [0, 0.1) is 0 Å². The van der Waals surface area contributed by atoms with Gasteiger partial charge < -0.3 is 14.8 Å². The number of hydrogen-bond donors (Lipinski definition) is 2. The Balaban J connectivity index is 2.21. The van der Waals surface area contributed by atoms with Crippen molar-refractivity contribution >= 4 is 0 Å². The zero-order chi connectivity index (χ0) is 11.1. The maximum absolute atomic E-state index is 9.05. The summed E-state index contributed by atoms with van der Waals surface area (Å²) in [5, 5.41) is 12.4. The summed E-state index contributed by atoms with van der Waals surface area (Å²) in [5.74, 6) is 1.03. The Hall–Kier alpha value is -0.800. The Morgan fingerprint density at radius 3 is 2.87 bits per heavy atom. The normalized spacial score (nSPS) is 15.1. The maximum Gasteiger partial charge on any atom is 0.103 e. The first kappa shape index (κ1) is 12.3. The molecular formula is C12H21NO2. The molecule has 0 fully saturated rings. The van der Waals surface area contributed by atoms with Gasteiger partial charge in [-0.05, 0) is 31.9 Å². The van der Waals surface area contributed by atoms with Crippen molar-refractivity contribution in [3.05, 3.63) is 24.2 Å². The second-order valence-corrected chi connectivity index (χ2v) is 3.97. The van der Waals surface area contributed by atoms with Crippen LogP contribution in [0.2, 0.25) is 0 Å². The Morgan fingerprint density at radius 2 is 2.33 bits per heavy atom. The first-order valence-electron chi connectivity index (χ1n) is 5.65. The predicted molar refractivity (Wildman–Crippen MR) is 60.8 cm³/mol. The molecule has 0 aliphatic rings. The number of aryl methyl sites for hydroxylation is 1. The number of furan rings is 1. The molecule has 1 heterocycles. The van der Waals surface area contributed by atoms with E-state index in [1.165, 1.54) is 0 Å². The Kier molecular flexibility index (Phi) is 5.43. The average Bonchev–Trinajstić information content (AvgIpc) is 2.75. The largest absolute Gasteiger partial charge is 0.469 e. The van der Waals surface area contributed by atoms with Crippen molar-refractivity contribution in [1.82, 2.24) is 5.32 Å². The molecule has 0 spiro atoms. The lowest BCUT2D eigenvalue weighted by Crippen LogP contribution is -2.38. The van der Waals surface area contributed by atoms with Crippen molar-refractivity contribution < 1.29 is 9.52 Å². The first-order chi connectivity index (χ1) is 7.26. The third-order valence-corrected chi connectivity index (χ3v) is 2.64. The van der Waals surface area contributed by atoms with Crippen molar-refractivity contribution in [2.45, 2.75) is 45.2 Å². The smallest absolute Gasteiger partial charge is 0.103 e. The van der Waals surface area contributed by atoms with E-state index in [-0.39, 0.29) is 12.6 Å². The SMILES string of the molecule is CC[C@H](CO)NC(C)CCc1ccco1. The molecule has 0 aliphatic carbocycles. The van der Waals surface area contributed by atoms with E-state index < -0.39 is 0 Å². The summed E-state index contributed by atoms with van der Waals surface area (Å²) < 4.78 is 5.26. The molecule has 2 atom stereocenters. The van der Waals surface area contributed by atoms with Gasteiger partial charge in [-0.2, -0.15) is 0 Å². The second-order valence-electron chi connectivity index (χ2n) is 3.97. The minimum Gasteiger partial charge on any atom is -0.469 e. The van der Waals surface area contributed by atoms with Gasteiger partial charge in [-0.1, -0.05) is 6.92 Å². The van der Waals surface area contributed by atoms with E-state index in [1.807, 2.05) is 12.1 Å². The molecule has 1 unspecified atom stereocenters. The lowest BCUT2D eigenvalue weighted by Gasteiger charge is -2.19. The molecular weight excluding hydrogens is 190 g/mol. The van der Waals surface area contributed by atoms with Gasteiger partial charge in [-0.15, -0.1) is 0 Å². The minimum atomic E-state index is 0.210. The number of aliphatic hydroxyl groups excluding tert-OH is 1. The molecule has 15 heavy (non-hydrogen) atoms. The van der Waals surface area contributed by atoms with Crippen LogP contribution >= 0.6 is 0 Å². The summed E-state index contributed by atoms with van der Waals surface area (Å²) in [7, 11) is 0. The zero-order valence-electron chi connectivity index (χ0n) is 9.57. The van der Waals surface area contributed by atoms with Crippen molar-refractivity contribution in [1.29, 1.82) is 0 Å². The number of nitrogens with one attached hydrogen (secondary N) is 1. The van der Waals surface area contributed by atoms with Crippen LogP contribution in [0.1, 0.15) is 32.4 Å². The van der Waals surface area contributed by atoms with Crippen molar-refractivity contribution in [3.8, 4) is 0 Å². The molecule has 3 heteroatoms. The van der Waals surface area contributed by atoms with Crippen LogP contribution in [-0.2, 0) is 6.42 Å². The van der Waals surface area contributed by atoms with E-state index in [9.17, 15) is 0 Å². The number of aliphatic hydroxyl groups is 1. The molecule has 0 aromatic carbocycles. The summed E-state index contributed by atoms with van der Waals surface area (Å²) in [6, 6.07) is 4.54. The van der Waals surface area contributed by atoms with E-state index in [2.05, 4.69) is 19.2 Å². The number of rotatable bonds is 7. The molecule has 86 valence electrons. The quantitative estimate of drug-likeness (QED) is 0.724. The van der Waals surface area contributed by atoms with Gasteiger partial charge >= 0.3 is 0 Å². The highest BCUT2D eigenvalue weighted by Gasteiger charge is 2.09. The highest BCUT2D eigenvalue weighted by atomic mass is 16.3. The van der Waals surface area contributed by atoms with Gasteiger partial charge in [0.05, 0.1) is 12.9 Å². The van der Waals surface area contributed by atoms with E-state index in [4.69, 9.17) is 9.52 Å². The Labute approximate surface area is 91.5 Å². The predicted octanol–water partition coefficient (Wildman–Crippen LogP) is 1.96. The molecule has 2 N–H and O–H groups in total. The highest BCUT2D eigenvalue weighted by molar-refractivity contribution is 4.98. The van der Waals surface area contributed by atoms with Crippen LogP contribution in [0.3, 0.4) is 0 Å². The fourth-order valence-electron chi connectivity index (χ4n) is 1.60. The minimum absolute atomic E-state index is 0.210. The molecule has 0 amide bonds. The summed E-state index contributed by atoms with van der Waals surface area (Å²) in [5.41, 5.74) is 0. The maximum atomic E-state index is 9.05. The lowest BCUT2D eigenvalue weighted by molar-refractivity contribution is 0.227. The molecule has 0 aliphatic heterocycles. The van der Waals surface area contributed by atoms with Gasteiger partial charge in [0.25, 0.3) is 0 Å². The standard InChI is InChI=1S/C12H21NO2/c1-3-11(9-14)13-10(2)6-7-12-5-4-8-15-12/h4-5,8,10-11,13-14H,3,6-7,9H2,1-2H3/t10?,11-/m1/s1. The molecule has 0 radical (unpaired) electrons. The zero-order valence-corrected chi connectivity index (χ0v) is 9.57. The summed E-state index contributed by atoms with van der Waals surface area (Å²) in [4.78, 5) is 0. The molecule has 0 bridgehead atoms. The third-order valence-electron chi connectivity index (χ3n) is 2.64. The van der Waals surface area contributed by atoms with Crippen molar-refractivity contribution in [2.75, 3.05) is 6.61 Å². The highest BCUT2D eigenvalue weighted by Crippen LogP contribution is 2.06. The molecule has 1 aromatic rings. The van der Waals surface area contributed by atoms with Gasteiger partial charge in [0, 0.05) is 18.5 Å². The van der Waals surface area contributed by atoms with E-state index >= 15 is 0 Å². The Bertz CT molecular complexity index is 242. The average molecular weight is 211 g/mol. The molecule has 3 nitrogen and oxygen atoms in total. The number of hydrogen-bond acceptors (Lipinski definition) is 3.